The van der Waals surface area contributed by atoms with Crippen LogP contribution in [0.2, 0.25) is 0 Å². The van der Waals surface area contributed by atoms with E-state index in [1.54, 1.807) is 18.2 Å². The van der Waals surface area contributed by atoms with Crippen molar-refractivity contribution < 1.29 is 9.18 Å². The van der Waals surface area contributed by atoms with Gasteiger partial charge in [-0.3, -0.25) is 5.32 Å². The molecule has 25 heavy (non-hydrogen) atoms. The Morgan fingerprint density at radius 2 is 1.84 bits per heavy atom. The van der Waals surface area contributed by atoms with E-state index in [1.165, 1.54) is 12.1 Å². The smallest absolute Gasteiger partial charge is 0.320 e. The van der Waals surface area contributed by atoms with Crippen LogP contribution in [0.25, 0.3) is 11.3 Å². The second-order valence-electron chi connectivity index (χ2n) is 5.66. The number of halogens is 1. The zero-order chi connectivity index (χ0) is 17.6. The lowest BCUT2D eigenvalue weighted by molar-refractivity contribution is 0.251. The first-order chi connectivity index (χ1) is 12.1. The molecule has 126 valence electrons. The SMILES string of the molecule is Cc1ccccc1-c1cccc(NC(=O)NCc2cccc(F)c2)n1. The number of urea groups is 1. The summed E-state index contributed by atoms with van der Waals surface area (Å²) in [6.07, 6.45) is 0. The zero-order valence-electron chi connectivity index (χ0n) is 13.8. The topological polar surface area (TPSA) is 54.0 Å². The fraction of sp³-hybridized carbons (Fsp3) is 0.100. The van der Waals surface area contributed by atoms with Crippen molar-refractivity contribution in [2.75, 3.05) is 5.32 Å². The molecular weight excluding hydrogens is 317 g/mol. The number of nitrogens with one attached hydrogen (secondary N) is 2. The summed E-state index contributed by atoms with van der Waals surface area (Å²) in [4.78, 5) is 16.5. The first-order valence-electron chi connectivity index (χ1n) is 7.94. The van der Waals surface area contributed by atoms with Crippen molar-refractivity contribution in [3.05, 3.63) is 83.7 Å². The van der Waals surface area contributed by atoms with Crippen molar-refractivity contribution in [2.45, 2.75) is 13.5 Å². The van der Waals surface area contributed by atoms with Gasteiger partial charge in [-0.2, -0.15) is 0 Å². The van der Waals surface area contributed by atoms with Gasteiger partial charge in [-0.05, 0) is 42.3 Å². The number of pyridine rings is 1. The number of nitrogens with zero attached hydrogens (tertiary/aromatic N) is 1. The third-order valence-corrected chi connectivity index (χ3v) is 3.75. The van der Waals surface area contributed by atoms with Crippen LogP contribution >= 0.6 is 0 Å². The molecule has 1 aromatic heterocycles. The molecule has 0 unspecified atom stereocenters. The summed E-state index contributed by atoms with van der Waals surface area (Å²) in [5.41, 5.74) is 3.62. The van der Waals surface area contributed by atoms with Crippen molar-refractivity contribution in [3.8, 4) is 11.3 Å². The number of amides is 2. The highest BCUT2D eigenvalue weighted by Crippen LogP contribution is 2.22. The number of carbonyl (C=O) groups is 1. The van der Waals surface area contributed by atoms with Crippen molar-refractivity contribution in [3.63, 3.8) is 0 Å². The number of hydrogen-bond donors (Lipinski definition) is 2. The zero-order valence-corrected chi connectivity index (χ0v) is 13.8. The molecule has 0 saturated heterocycles. The monoisotopic (exact) mass is 335 g/mol. The second-order valence-corrected chi connectivity index (χ2v) is 5.66. The van der Waals surface area contributed by atoms with Crippen molar-refractivity contribution in [2.24, 2.45) is 0 Å². The highest BCUT2D eigenvalue weighted by atomic mass is 19.1. The summed E-state index contributed by atoms with van der Waals surface area (Å²) in [7, 11) is 0. The Bertz CT molecular complexity index is 895. The second kappa shape index (κ2) is 7.57. The van der Waals surface area contributed by atoms with Crippen LogP contribution in [-0.4, -0.2) is 11.0 Å². The quantitative estimate of drug-likeness (QED) is 0.736. The molecule has 2 amide bonds. The minimum Gasteiger partial charge on any atom is -0.334 e. The minimum absolute atomic E-state index is 0.237. The summed E-state index contributed by atoms with van der Waals surface area (Å²) in [6, 6.07) is 19.1. The number of benzene rings is 2. The van der Waals surface area contributed by atoms with Crippen LogP contribution in [0.15, 0.2) is 66.7 Å². The Labute approximate surface area is 145 Å². The van der Waals surface area contributed by atoms with Crippen LogP contribution in [-0.2, 0) is 6.54 Å². The van der Waals surface area contributed by atoms with E-state index in [0.29, 0.717) is 11.4 Å². The maximum Gasteiger partial charge on any atom is 0.320 e. The Kier molecular flexibility index (Phi) is 5.04. The lowest BCUT2D eigenvalue weighted by Gasteiger charge is -2.09. The van der Waals surface area contributed by atoms with Gasteiger partial charge in [-0.15, -0.1) is 0 Å². The number of aryl methyl sites for hydroxylation is 1. The molecule has 0 aliphatic rings. The van der Waals surface area contributed by atoms with E-state index in [4.69, 9.17) is 0 Å². The number of aromatic nitrogens is 1. The summed E-state index contributed by atoms with van der Waals surface area (Å²) in [5, 5.41) is 5.39. The van der Waals surface area contributed by atoms with Crippen molar-refractivity contribution >= 4 is 11.8 Å². The van der Waals surface area contributed by atoms with Gasteiger partial charge >= 0.3 is 6.03 Å². The minimum atomic E-state index is -0.390. The molecule has 0 spiro atoms. The molecule has 5 heteroatoms. The molecule has 4 nitrogen and oxygen atoms in total. The van der Waals surface area contributed by atoms with Gasteiger partial charge in [0, 0.05) is 12.1 Å². The van der Waals surface area contributed by atoms with Crippen LogP contribution in [0.5, 0.6) is 0 Å². The number of anilines is 1. The average Bonchev–Trinajstić information content (AvgIpc) is 2.61. The fourth-order valence-corrected chi connectivity index (χ4v) is 2.50. The largest absolute Gasteiger partial charge is 0.334 e. The van der Waals surface area contributed by atoms with Crippen molar-refractivity contribution in [1.29, 1.82) is 0 Å². The third kappa shape index (κ3) is 4.41. The van der Waals surface area contributed by atoms with E-state index in [2.05, 4.69) is 15.6 Å². The molecule has 2 N–H and O–H groups in total. The van der Waals surface area contributed by atoms with Gasteiger partial charge in [0.15, 0.2) is 0 Å². The Hall–Kier alpha value is -3.21. The Morgan fingerprint density at radius 1 is 1.04 bits per heavy atom. The number of carbonyl (C=O) groups excluding carboxylic acids is 1. The molecule has 0 atom stereocenters. The third-order valence-electron chi connectivity index (χ3n) is 3.75. The molecule has 0 saturated carbocycles. The molecule has 0 fully saturated rings. The molecule has 0 bridgehead atoms. The van der Waals surface area contributed by atoms with Gasteiger partial charge in [-0.25, -0.2) is 14.2 Å². The predicted octanol–water partition coefficient (Wildman–Crippen LogP) is 4.52. The van der Waals surface area contributed by atoms with Gasteiger partial charge < -0.3 is 5.32 Å². The number of rotatable bonds is 4. The van der Waals surface area contributed by atoms with Gasteiger partial charge in [0.2, 0.25) is 0 Å². The van der Waals surface area contributed by atoms with Crippen molar-refractivity contribution in [1.82, 2.24) is 10.3 Å². The van der Waals surface area contributed by atoms with Crippen LogP contribution in [0.4, 0.5) is 15.0 Å². The maximum absolute atomic E-state index is 13.1. The van der Waals surface area contributed by atoms with Crippen LogP contribution < -0.4 is 10.6 Å². The van der Waals surface area contributed by atoms with E-state index in [9.17, 15) is 9.18 Å². The van der Waals surface area contributed by atoms with Gasteiger partial charge in [-0.1, -0.05) is 42.5 Å². The molecule has 0 aliphatic heterocycles. The van der Waals surface area contributed by atoms with Gasteiger partial charge in [0.25, 0.3) is 0 Å². The molecule has 1 heterocycles. The van der Waals surface area contributed by atoms with E-state index < -0.39 is 6.03 Å². The lowest BCUT2D eigenvalue weighted by atomic mass is 10.1. The summed E-state index contributed by atoms with van der Waals surface area (Å²) in [6.45, 7) is 2.25. The Morgan fingerprint density at radius 3 is 2.64 bits per heavy atom. The van der Waals surface area contributed by atoms with E-state index in [1.807, 2.05) is 43.3 Å². The number of hydrogen-bond acceptors (Lipinski definition) is 2. The summed E-state index contributed by atoms with van der Waals surface area (Å²) >= 11 is 0. The van der Waals surface area contributed by atoms with E-state index in [0.717, 1.165) is 16.8 Å². The molecular formula is C20H18FN3O. The van der Waals surface area contributed by atoms with Crippen LogP contribution in [0.3, 0.4) is 0 Å². The van der Waals surface area contributed by atoms with Crippen LogP contribution in [0.1, 0.15) is 11.1 Å². The first kappa shape index (κ1) is 16.6. The normalized spacial score (nSPS) is 10.3. The highest BCUT2D eigenvalue weighted by molar-refractivity contribution is 5.88. The van der Waals surface area contributed by atoms with Gasteiger partial charge in [0.1, 0.15) is 11.6 Å². The molecule has 0 aliphatic carbocycles. The Balaban J connectivity index is 1.66. The average molecular weight is 335 g/mol. The summed E-state index contributed by atoms with van der Waals surface area (Å²) in [5.74, 6) is 0.129. The molecule has 0 radical (unpaired) electrons. The van der Waals surface area contributed by atoms with E-state index >= 15 is 0 Å². The molecule has 2 aromatic carbocycles. The summed E-state index contributed by atoms with van der Waals surface area (Å²) < 4.78 is 13.1. The molecule has 3 aromatic rings. The van der Waals surface area contributed by atoms with E-state index in [-0.39, 0.29) is 12.4 Å². The first-order valence-corrected chi connectivity index (χ1v) is 7.94. The maximum atomic E-state index is 13.1. The van der Waals surface area contributed by atoms with Crippen LogP contribution in [0, 0.1) is 12.7 Å². The molecule has 3 rings (SSSR count). The standard InChI is InChI=1S/C20H18FN3O/c1-14-6-2-3-9-17(14)18-10-5-11-19(23-18)24-20(25)22-13-15-7-4-8-16(21)12-15/h2-12H,13H2,1H3,(H2,22,23,24,25). The highest BCUT2D eigenvalue weighted by Gasteiger charge is 2.06. The fourth-order valence-electron chi connectivity index (χ4n) is 2.50. The lowest BCUT2D eigenvalue weighted by Crippen LogP contribution is -2.28. The van der Waals surface area contributed by atoms with Gasteiger partial charge in [0.05, 0.1) is 5.69 Å². The predicted molar refractivity (Wildman–Crippen MR) is 96.7 cm³/mol.